The molecule has 192 valence electrons. The lowest BCUT2D eigenvalue weighted by molar-refractivity contribution is -0.151. The molecule has 0 spiro atoms. The van der Waals surface area contributed by atoms with Gasteiger partial charge in [0.15, 0.2) is 6.61 Å². The predicted molar refractivity (Wildman–Crippen MR) is 143 cm³/mol. The number of benzene rings is 3. The largest absolute Gasteiger partial charge is 0.497 e. The summed E-state index contributed by atoms with van der Waals surface area (Å²) in [6, 6.07) is 17.6. The molecule has 0 aromatic heterocycles. The first-order valence-corrected chi connectivity index (χ1v) is 12.5. The van der Waals surface area contributed by atoms with Crippen LogP contribution < -0.4 is 19.7 Å². The molecule has 1 heterocycles. The fourth-order valence-corrected chi connectivity index (χ4v) is 4.43. The lowest BCUT2D eigenvalue weighted by Gasteiger charge is -2.17. The van der Waals surface area contributed by atoms with Gasteiger partial charge in [0.25, 0.3) is 5.91 Å². The van der Waals surface area contributed by atoms with Gasteiger partial charge in [-0.25, -0.2) is 0 Å². The molecule has 1 atom stereocenters. The van der Waals surface area contributed by atoms with Gasteiger partial charge in [-0.05, 0) is 89.1 Å². The van der Waals surface area contributed by atoms with Crippen molar-refractivity contribution < 1.29 is 28.6 Å². The average Bonchev–Trinajstić information content (AvgIpc) is 3.28. The van der Waals surface area contributed by atoms with E-state index in [0.717, 1.165) is 11.3 Å². The molecule has 3 aromatic rings. The minimum absolute atomic E-state index is 0.00593. The molecule has 1 N–H and O–H groups in total. The van der Waals surface area contributed by atoms with Crippen LogP contribution in [0.15, 0.2) is 65.1 Å². The van der Waals surface area contributed by atoms with Gasteiger partial charge in [0.2, 0.25) is 5.91 Å². The maximum Gasteiger partial charge on any atom is 0.311 e. The summed E-state index contributed by atoms with van der Waals surface area (Å²) in [6.45, 7) is 1.52. The van der Waals surface area contributed by atoms with E-state index in [1.807, 2.05) is 6.92 Å². The highest BCUT2D eigenvalue weighted by molar-refractivity contribution is 9.10. The minimum atomic E-state index is -0.667. The predicted octanol–water partition coefficient (Wildman–Crippen LogP) is 5.75. The van der Waals surface area contributed by atoms with Crippen molar-refractivity contribution in [2.24, 2.45) is 5.92 Å². The summed E-state index contributed by atoms with van der Waals surface area (Å²) in [5, 5.41) is 3.13. The van der Waals surface area contributed by atoms with Crippen LogP contribution in [0.1, 0.15) is 12.0 Å². The van der Waals surface area contributed by atoms with E-state index in [-0.39, 0.29) is 18.9 Å². The number of methoxy groups -OCH3 is 1. The number of anilines is 2. The van der Waals surface area contributed by atoms with Crippen molar-refractivity contribution in [2.75, 3.05) is 30.5 Å². The number of halogens is 2. The Morgan fingerprint density at radius 3 is 2.32 bits per heavy atom. The van der Waals surface area contributed by atoms with Crippen LogP contribution in [0, 0.1) is 12.8 Å². The van der Waals surface area contributed by atoms with Crippen molar-refractivity contribution >= 4 is 56.7 Å². The highest BCUT2D eigenvalue weighted by Crippen LogP contribution is 2.31. The van der Waals surface area contributed by atoms with E-state index in [0.29, 0.717) is 32.4 Å². The van der Waals surface area contributed by atoms with Crippen LogP contribution in [-0.2, 0) is 19.1 Å². The number of esters is 1. The van der Waals surface area contributed by atoms with Gasteiger partial charge >= 0.3 is 5.97 Å². The van der Waals surface area contributed by atoms with Gasteiger partial charge < -0.3 is 24.4 Å². The number of hydrogen-bond acceptors (Lipinski definition) is 6. The molecule has 1 fully saturated rings. The Morgan fingerprint density at radius 2 is 1.68 bits per heavy atom. The third-order valence-corrected chi connectivity index (χ3v) is 6.99. The number of hydrogen-bond donors (Lipinski definition) is 1. The Bertz CT molecular complexity index is 1310. The number of ether oxygens (including phenoxy) is 3. The molecule has 2 amide bonds. The van der Waals surface area contributed by atoms with Gasteiger partial charge in [0.1, 0.15) is 17.2 Å². The molecule has 1 aliphatic rings. The van der Waals surface area contributed by atoms with Gasteiger partial charge in [-0.2, -0.15) is 0 Å². The first-order chi connectivity index (χ1) is 17.7. The Hall–Kier alpha value is -3.56. The molecule has 1 saturated heterocycles. The topological polar surface area (TPSA) is 94.2 Å². The summed E-state index contributed by atoms with van der Waals surface area (Å²) >= 11 is 9.41. The van der Waals surface area contributed by atoms with E-state index in [1.54, 1.807) is 67.8 Å². The monoisotopic (exact) mass is 586 g/mol. The Kier molecular flexibility index (Phi) is 8.35. The summed E-state index contributed by atoms with van der Waals surface area (Å²) in [4.78, 5) is 38.9. The number of nitrogens with zero attached hydrogens (tertiary/aromatic N) is 1. The van der Waals surface area contributed by atoms with Crippen LogP contribution in [0.2, 0.25) is 5.02 Å². The molecular weight excluding hydrogens is 564 g/mol. The molecule has 37 heavy (non-hydrogen) atoms. The molecule has 0 unspecified atom stereocenters. The fraction of sp³-hybridized carbons (Fsp3) is 0.222. The van der Waals surface area contributed by atoms with E-state index < -0.39 is 24.4 Å². The van der Waals surface area contributed by atoms with E-state index in [1.165, 1.54) is 4.90 Å². The number of carbonyl (C=O) groups excluding carboxylic acids is 3. The summed E-state index contributed by atoms with van der Waals surface area (Å²) in [5.74, 6) is 0.0173. The number of aryl methyl sites for hydroxylation is 1. The van der Waals surface area contributed by atoms with Crippen molar-refractivity contribution in [3.63, 3.8) is 0 Å². The Morgan fingerprint density at radius 1 is 1.05 bits per heavy atom. The highest BCUT2D eigenvalue weighted by atomic mass is 79.9. The third-order valence-electron chi connectivity index (χ3n) is 5.79. The van der Waals surface area contributed by atoms with Gasteiger partial charge in [0.05, 0.1) is 18.1 Å². The number of nitrogens with one attached hydrogen (secondary N) is 1. The van der Waals surface area contributed by atoms with Gasteiger partial charge in [-0.3, -0.25) is 14.4 Å². The summed E-state index contributed by atoms with van der Waals surface area (Å²) in [6.07, 6.45) is 0.00593. The molecule has 4 rings (SSSR count). The first-order valence-electron chi connectivity index (χ1n) is 11.4. The quantitative estimate of drug-likeness (QED) is 0.338. The summed E-state index contributed by atoms with van der Waals surface area (Å²) < 4.78 is 16.9. The Balaban J connectivity index is 1.29. The Labute approximate surface area is 227 Å². The lowest BCUT2D eigenvalue weighted by atomic mass is 10.1. The number of amides is 2. The zero-order valence-corrected chi connectivity index (χ0v) is 22.5. The highest BCUT2D eigenvalue weighted by Gasteiger charge is 2.36. The SMILES string of the molecule is COc1ccc(Oc2ccc(N3C[C@H](C(=O)OCC(=O)Nc4cc(Cl)c(Br)cc4C)CC3=O)cc2)cc1. The van der Waals surface area contributed by atoms with E-state index in [9.17, 15) is 14.4 Å². The second-order valence-electron chi connectivity index (χ2n) is 8.41. The van der Waals surface area contributed by atoms with Gasteiger partial charge in [0, 0.05) is 28.8 Å². The smallest absolute Gasteiger partial charge is 0.311 e. The molecule has 10 heteroatoms. The molecule has 8 nitrogen and oxygen atoms in total. The average molecular weight is 588 g/mol. The summed E-state index contributed by atoms with van der Waals surface area (Å²) in [7, 11) is 1.60. The van der Waals surface area contributed by atoms with Crippen LogP contribution >= 0.6 is 27.5 Å². The number of carbonyl (C=O) groups is 3. The van der Waals surface area contributed by atoms with Crippen LogP contribution in [-0.4, -0.2) is 38.0 Å². The second kappa shape index (κ2) is 11.7. The molecule has 1 aliphatic heterocycles. The van der Waals surface area contributed by atoms with Crippen molar-refractivity contribution in [3.8, 4) is 17.2 Å². The second-order valence-corrected chi connectivity index (χ2v) is 9.68. The van der Waals surface area contributed by atoms with Crippen LogP contribution in [0.25, 0.3) is 0 Å². The molecule has 0 bridgehead atoms. The molecule has 0 aliphatic carbocycles. The van der Waals surface area contributed by atoms with Crippen LogP contribution in [0.5, 0.6) is 17.2 Å². The zero-order valence-electron chi connectivity index (χ0n) is 20.1. The third kappa shape index (κ3) is 6.61. The van der Waals surface area contributed by atoms with Crippen LogP contribution in [0.4, 0.5) is 11.4 Å². The van der Waals surface area contributed by atoms with Crippen molar-refractivity contribution in [1.82, 2.24) is 0 Å². The standard InChI is InChI=1S/C27H24BrClN2O6/c1-16-11-22(28)23(29)13-24(16)30-25(32)15-36-27(34)17-12-26(33)31(14-17)18-3-5-20(6-4-18)37-21-9-7-19(35-2)8-10-21/h3-11,13,17H,12,14-15H2,1-2H3,(H,30,32)/t17-/m1/s1. The molecule has 0 radical (unpaired) electrons. The normalized spacial score (nSPS) is 14.9. The molecular formula is C27H24BrClN2O6. The maximum absolute atomic E-state index is 12.6. The van der Waals surface area contributed by atoms with E-state index >= 15 is 0 Å². The van der Waals surface area contributed by atoms with Crippen LogP contribution in [0.3, 0.4) is 0 Å². The van der Waals surface area contributed by atoms with Crippen molar-refractivity contribution in [1.29, 1.82) is 0 Å². The van der Waals surface area contributed by atoms with Crippen molar-refractivity contribution in [3.05, 3.63) is 75.7 Å². The minimum Gasteiger partial charge on any atom is -0.497 e. The van der Waals surface area contributed by atoms with Gasteiger partial charge in [-0.1, -0.05) is 11.6 Å². The van der Waals surface area contributed by atoms with Gasteiger partial charge in [-0.15, -0.1) is 0 Å². The molecule has 3 aromatic carbocycles. The van der Waals surface area contributed by atoms with Crippen molar-refractivity contribution in [2.45, 2.75) is 13.3 Å². The first kappa shape index (κ1) is 26.5. The van der Waals surface area contributed by atoms with E-state index in [2.05, 4.69) is 21.2 Å². The fourth-order valence-electron chi connectivity index (χ4n) is 3.81. The van der Waals surface area contributed by atoms with E-state index in [4.69, 9.17) is 25.8 Å². The summed E-state index contributed by atoms with van der Waals surface area (Å²) in [5.41, 5.74) is 1.96. The maximum atomic E-state index is 12.6. The zero-order chi connectivity index (χ0) is 26.5. The molecule has 0 saturated carbocycles. The number of rotatable bonds is 8. The lowest BCUT2D eigenvalue weighted by Crippen LogP contribution is -2.28.